The molecule has 0 saturated heterocycles. The predicted molar refractivity (Wildman–Crippen MR) is 70.0 cm³/mol. The van der Waals surface area contributed by atoms with Crippen LogP contribution in [0.1, 0.15) is 11.1 Å². The van der Waals surface area contributed by atoms with Crippen LogP contribution in [-0.2, 0) is 0 Å². The number of nitriles is 2. The molecule has 0 saturated carbocycles. The van der Waals surface area contributed by atoms with Crippen LogP contribution in [0.25, 0.3) is 0 Å². The quantitative estimate of drug-likeness (QED) is 0.737. The van der Waals surface area contributed by atoms with E-state index in [1.807, 2.05) is 42.5 Å². The van der Waals surface area contributed by atoms with Gasteiger partial charge in [0.25, 0.3) is 0 Å². The summed E-state index contributed by atoms with van der Waals surface area (Å²) in [5, 5.41) is 16.7. The first kappa shape index (κ1) is 13.0. The average Bonchev–Trinajstić information content (AvgIpc) is 2.41. The van der Waals surface area contributed by atoms with Gasteiger partial charge in [-0.2, -0.15) is 10.5 Å². The van der Waals surface area contributed by atoms with E-state index in [0.717, 1.165) is 4.47 Å². The predicted octanol–water partition coefficient (Wildman–Crippen LogP) is 3.88. The summed E-state index contributed by atoms with van der Waals surface area (Å²) in [6.45, 7) is 0. The fraction of sp³-hybridized carbons (Fsp3) is 0. The van der Waals surface area contributed by atoms with Gasteiger partial charge in [-0.3, -0.25) is 0 Å². The van der Waals surface area contributed by atoms with Gasteiger partial charge in [0.2, 0.25) is 0 Å². The Balaban J connectivity index is 0.000000171. The lowest BCUT2D eigenvalue weighted by atomic mass is 10.2. The van der Waals surface area contributed by atoms with Crippen LogP contribution in [-0.4, -0.2) is 0 Å². The molecule has 0 fully saturated rings. The monoisotopic (exact) mass is 284 g/mol. The zero-order valence-corrected chi connectivity index (χ0v) is 10.6. The second kappa shape index (κ2) is 7.22. The lowest BCUT2D eigenvalue weighted by molar-refractivity contribution is 1.48. The fourth-order valence-corrected chi connectivity index (χ4v) is 1.30. The van der Waals surface area contributed by atoms with E-state index in [0.29, 0.717) is 11.1 Å². The number of nitrogens with zero attached hydrogens (tertiary/aromatic N) is 2. The first-order valence-corrected chi connectivity index (χ1v) is 5.66. The Kier molecular flexibility index (Phi) is 5.51. The molecule has 0 unspecified atom stereocenters. The first-order valence-electron chi connectivity index (χ1n) is 4.87. The highest BCUT2D eigenvalue weighted by Gasteiger charge is 1.86. The maximum atomic E-state index is 8.36. The minimum Gasteiger partial charge on any atom is -0.192 e. The van der Waals surface area contributed by atoms with E-state index in [4.69, 9.17) is 10.5 Å². The van der Waals surface area contributed by atoms with Gasteiger partial charge in [-0.05, 0) is 36.4 Å². The Bertz CT molecular complexity index is 533. The Labute approximate surface area is 109 Å². The molecule has 0 N–H and O–H groups in total. The van der Waals surface area contributed by atoms with Gasteiger partial charge < -0.3 is 0 Å². The van der Waals surface area contributed by atoms with Crippen molar-refractivity contribution in [1.82, 2.24) is 0 Å². The lowest BCUT2D eigenvalue weighted by Crippen LogP contribution is -1.69. The molecule has 2 aromatic rings. The van der Waals surface area contributed by atoms with Crippen molar-refractivity contribution in [2.75, 3.05) is 0 Å². The molecule has 0 spiro atoms. The van der Waals surface area contributed by atoms with Crippen molar-refractivity contribution in [3.63, 3.8) is 0 Å². The van der Waals surface area contributed by atoms with Crippen LogP contribution in [0.5, 0.6) is 0 Å². The fourth-order valence-electron chi connectivity index (χ4n) is 1.04. The smallest absolute Gasteiger partial charge is 0.0991 e. The number of hydrogen-bond acceptors (Lipinski definition) is 2. The maximum Gasteiger partial charge on any atom is 0.0991 e. The van der Waals surface area contributed by atoms with Crippen LogP contribution >= 0.6 is 15.9 Å². The molecule has 0 bridgehead atoms. The van der Waals surface area contributed by atoms with Crippen LogP contribution in [0.15, 0.2) is 59.1 Å². The molecule has 0 amide bonds. The normalized spacial score (nSPS) is 8.18. The summed E-state index contributed by atoms with van der Waals surface area (Å²) in [4.78, 5) is 0. The third-order valence-corrected chi connectivity index (χ3v) is 2.40. The molecule has 2 rings (SSSR count). The molecule has 2 aromatic carbocycles. The molecule has 17 heavy (non-hydrogen) atoms. The largest absolute Gasteiger partial charge is 0.192 e. The highest BCUT2D eigenvalue weighted by molar-refractivity contribution is 9.10. The van der Waals surface area contributed by atoms with E-state index in [-0.39, 0.29) is 0 Å². The van der Waals surface area contributed by atoms with Crippen molar-refractivity contribution in [2.45, 2.75) is 0 Å². The standard InChI is InChI=1S/C7H4BrN.C7H5N/c8-7-3-1-6(5-9)2-4-7;8-6-7-4-2-1-3-5-7/h1-4H;1-5H. The molecule has 0 aliphatic rings. The van der Waals surface area contributed by atoms with Gasteiger partial charge in [-0.25, -0.2) is 0 Å². The molecular formula is C14H9BrN2. The zero-order chi connectivity index (χ0) is 12.5. The molecular weight excluding hydrogens is 276 g/mol. The Morgan fingerprint density at radius 2 is 1.18 bits per heavy atom. The third-order valence-electron chi connectivity index (χ3n) is 1.88. The van der Waals surface area contributed by atoms with E-state index in [2.05, 4.69) is 15.9 Å². The molecule has 2 nitrogen and oxygen atoms in total. The van der Waals surface area contributed by atoms with Crippen LogP contribution in [0, 0.1) is 22.7 Å². The summed E-state index contributed by atoms with van der Waals surface area (Å²) in [5.41, 5.74) is 1.41. The van der Waals surface area contributed by atoms with Gasteiger partial charge in [-0.15, -0.1) is 0 Å². The Morgan fingerprint density at radius 1 is 0.706 bits per heavy atom. The van der Waals surface area contributed by atoms with Crippen molar-refractivity contribution in [2.24, 2.45) is 0 Å². The van der Waals surface area contributed by atoms with Crippen molar-refractivity contribution in [3.05, 3.63) is 70.2 Å². The molecule has 82 valence electrons. The van der Waals surface area contributed by atoms with Crippen LogP contribution < -0.4 is 0 Å². The second-order valence-electron chi connectivity index (χ2n) is 3.10. The minimum absolute atomic E-state index is 0.693. The Hall–Kier alpha value is -2.10. The van der Waals surface area contributed by atoms with Crippen molar-refractivity contribution >= 4 is 15.9 Å². The van der Waals surface area contributed by atoms with E-state index in [9.17, 15) is 0 Å². The minimum atomic E-state index is 0.693. The van der Waals surface area contributed by atoms with E-state index < -0.39 is 0 Å². The molecule has 0 radical (unpaired) electrons. The molecule has 0 heterocycles. The molecule has 0 aliphatic heterocycles. The number of benzene rings is 2. The van der Waals surface area contributed by atoms with Crippen LogP contribution in [0.2, 0.25) is 0 Å². The van der Waals surface area contributed by atoms with Crippen molar-refractivity contribution < 1.29 is 0 Å². The summed E-state index contributed by atoms with van der Waals surface area (Å²) in [6.07, 6.45) is 0. The second-order valence-corrected chi connectivity index (χ2v) is 4.01. The number of halogens is 1. The third kappa shape index (κ3) is 4.97. The molecule has 0 aliphatic carbocycles. The van der Waals surface area contributed by atoms with Crippen molar-refractivity contribution in [1.29, 1.82) is 10.5 Å². The first-order chi connectivity index (χ1) is 8.26. The van der Waals surface area contributed by atoms with E-state index in [1.165, 1.54) is 0 Å². The number of hydrogen-bond donors (Lipinski definition) is 0. The van der Waals surface area contributed by atoms with Gasteiger partial charge >= 0.3 is 0 Å². The van der Waals surface area contributed by atoms with Gasteiger partial charge in [0.05, 0.1) is 23.3 Å². The van der Waals surface area contributed by atoms with Crippen LogP contribution in [0.4, 0.5) is 0 Å². The van der Waals surface area contributed by atoms with Gasteiger partial charge in [0.15, 0.2) is 0 Å². The van der Waals surface area contributed by atoms with E-state index in [1.54, 1.807) is 24.3 Å². The highest BCUT2D eigenvalue weighted by atomic mass is 79.9. The van der Waals surface area contributed by atoms with Crippen molar-refractivity contribution in [3.8, 4) is 12.1 Å². The topological polar surface area (TPSA) is 47.6 Å². The molecule has 3 heteroatoms. The van der Waals surface area contributed by atoms with Gasteiger partial charge in [-0.1, -0.05) is 34.1 Å². The zero-order valence-electron chi connectivity index (χ0n) is 8.97. The van der Waals surface area contributed by atoms with Crippen LogP contribution in [0.3, 0.4) is 0 Å². The lowest BCUT2D eigenvalue weighted by Gasteiger charge is -1.86. The summed E-state index contributed by atoms with van der Waals surface area (Å²) in [7, 11) is 0. The highest BCUT2D eigenvalue weighted by Crippen LogP contribution is 2.08. The van der Waals surface area contributed by atoms with Gasteiger partial charge in [0.1, 0.15) is 0 Å². The van der Waals surface area contributed by atoms with E-state index >= 15 is 0 Å². The molecule has 0 atom stereocenters. The maximum absolute atomic E-state index is 8.36. The summed E-state index contributed by atoms with van der Waals surface area (Å²) >= 11 is 3.27. The van der Waals surface area contributed by atoms with Gasteiger partial charge in [0, 0.05) is 4.47 Å². The summed E-state index contributed by atoms with van der Waals surface area (Å²) < 4.78 is 1.00. The molecule has 0 aromatic heterocycles. The Morgan fingerprint density at radius 3 is 1.59 bits per heavy atom. The number of rotatable bonds is 0. The summed E-state index contributed by atoms with van der Waals surface area (Å²) in [5.74, 6) is 0. The summed E-state index contributed by atoms with van der Waals surface area (Å²) in [6, 6.07) is 20.4. The average molecular weight is 285 g/mol. The SMILES string of the molecule is N#Cc1ccc(Br)cc1.N#Cc1ccccc1.